The third-order valence-corrected chi connectivity index (χ3v) is 6.84. The Hall–Kier alpha value is -2.63. The number of rotatable bonds is 7. The summed E-state index contributed by atoms with van der Waals surface area (Å²) in [5.41, 5.74) is 0.397. The van der Waals surface area contributed by atoms with Gasteiger partial charge in [0.05, 0.1) is 10.5 Å². The molecule has 3 rings (SSSR count). The van der Waals surface area contributed by atoms with Crippen molar-refractivity contribution in [2.24, 2.45) is 9.50 Å². The Morgan fingerprint density at radius 3 is 2.41 bits per heavy atom. The molecular formula is C23H28F3N3O4S. The molecule has 0 heterocycles. The molecule has 1 fully saturated rings. The van der Waals surface area contributed by atoms with Crippen molar-refractivity contribution in [1.29, 1.82) is 0 Å². The van der Waals surface area contributed by atoms with Crippen LogP contribution in [0.4, 0.5) is 23.7 Å². The first-order valence-corrected chi connectivity index (χ1v) is 12.3. The predicted octanol–water partition coefficient (Wildman–Crippen LogP) is 5.59. The fourth-order valence-corrected chi connectivity index (χ4v) is 4.56. The van der Waals surface area contributed by atoms with Gasteiger partial charge >= 0.3 is 12.6 Å². The number of anilines is 1. The average molecular weight is 500 g/mol. The van der Waals surface area contributed by atoms with Crippen LogP contribution in [-0.4, -0.2) is 22.0 Å². The van der Waals surface area contributed by atoms with E-state index < -0.39 is 38.9 Å². The van der Waals surface area contributed by atoms with Gasteiger partial charge in [-0.2, -0.15) is 8.78 Å². The van der Waals surface area contributed by atoms with Crippen molar-refractivity contribution in [3.05, 3.63) is 52.8 Å². The van der Waals surface area contributed by atoms with E-state index >= 15 is 0 Å². The highest BCUT2D eigenvalue weighted by atomic mass is 32.2. The molecule has 34 heavy (non-hydrogen) atoms. The third-order valence-electron chi connectivity index (χ3n) is 5.44. The zero-order valence-electron chi connectivity index (χ0n) is 19.3. The summed E-state index contributed by atoms with van der Waals surface area (Å²) in [5.74, 6) is -1.13. The number of nitrogens with zero attached hydrogens (tertiary/aromatic N) is 1. The van der Waals surface area contributed by atoms with Crippen molar-refractivity contribution in [3.8, 4) is 5.75 Å². The summed E-state index contributed by atoms with van der Waals surface area (Å²) < 4.78 is 61.2. The van der Waals surface area contributed by atoms with Crippen molar-refractivity contribution in [2.75, 3.05) is 5.32 Å². The van der Waals surface area contributed by atoms with Gasteiger partial charge in [-0.1, -0.05) is 19.9 Å². The van der Waals surface area contributed by atoms with Gasteiger partial charge < -0.3 is 15.2 Å². The summed E-state index contributed by atoms with van der Waals surface area (Å²) in [5, 5.41) is 18.3. The van der Waals surface area contributed by atoms with Gasteiger partial charge in [-0.3, -0.25) is 0 Å². The number of nitrogens with two attached hydrogens (primary N) is 1. The van der Waals surface area contributed by atoms with Crippen molar-refractivity contribution in [2.45, 2.75) is 69.5 Å². The molecule has 2 aromatic carbocycles. The molecule has 0 aromatic heterocycles. The molecule has 1 saturated carbocycles. The lowest BCUT2D eigenvalue weighted by molar-refractivity contribution is -0.0499. The molecule has 0 saturated heterocycles. The lowest BCUT2D eigenvalue weighted by Crippen LogP contribution is -2.21. The molecule has 0 bridgehead atoms. The summed E-state index contributed by atoms with van der Waals surface area (Å²) in [6, 6.07) is 5.24. The Labute approximate surface area is 196 Å². The summed E-state index contributed by atoms with van der Waals surface area (Å²) in [6.45, 7) is 3.55. The van der Waals surface area contributed by atoms with Crippen LogP contribution in [0.1, 0.15) is 69.1 Å². The fourth-order valence-electron chi connectivity index (χ4n) is 3.57. The van der Waals surface area contributed by atoms with E-state index in [9.17, 15) is 27.3 Å². The van der Waals surface area contributed by atoms with Crippen molar-refractivity contribution in [1.82, 2.24) is 0 Å². The van der Waals surface area contributed by atoms with Crippen LogP contribution in [0.15, 0.2) is 39.6 Å². The number of amides is 2. The normalized spacial score (nSPS) is 15.9. The first-order chi connectivity index (χ1) is 15.7. The van der Waals surface area contributed by atoms with Gasteiger partial charge in [-0.25, -0.2) is 18.5 Å². The molecule has 2 aromatic rings. The smallest absolute Gasteiger partial charge is 0.387 e. The zero-order chi connectivity index (χ0) is 25.4. The van der Waals surface area contributed by atoms with Crippen molar-refractivity contribution >= 4 is 21.6 Å². The van der Waals surface area contributed by atoms with Crippen molar-refractivity contribution < 1.29 is 32.0 Å². The second-order valence-electron chi connectivity index (χ2n) is 9.08. The van der Waals surface area contributed by atoms with Gasteiger partial charge in [0, 0.05) is 5.69 Å². The Balaban J connectivity index is 1.98. The first kappa shape index (κ1) is 26.0. The summed E-state index contributed by atoms with van der Waals surface area (Å²) in [4.78, 5) is 12.2. The quantitative estimate of drug-likeness (QED) is 0.461. The van der Waals surface area contributed by atoms with Crippen LogP contribution in [0.25, 0.3) is 0 Å². The maximum Gasteiger partial charge on any atom is 0.387 e. The highest BCUT2D eigenvalue weighted by Gasteiger charge is 2.30. The van der Waals surface area contributed by atoms with Crippen LogP contribution in [0.2, 0.25) is 0 Å². The van der Waals surface area contributed by atoms with Gasteiger partial charge in [-0.15, -0.1) is 4.36 Å². The second kappa shape index (κ2) is 9.55. The lowest BCUT2D eigenvalue weighted by Gasteiger charge is -2.20. The largest absolute Gasteiger partial charge is 0.435 e. The van der Waals surface area contributed by atoms with E-state index in [0.29, 0.717) is 16.8 Å². The number of benzene rings is 2. The number of aliphatic hydroxyl groups is 1. The van der Waals surface area contributed by atoms with Gasteiger partial charge in [-0.05, 0) is 79.5 Å². The number of urea groups is 1. The minimum absolute atomic E-state index is 0.0212. The number of hydrogen-bond donors (Lipinski definition) is 3. The molecule has 1 aliphatic rings. The fraction of sp³-hybridized carbons (Fsp3) is 0.435. The lowest BCUT2D eigenvalue weighted by atomic mass is 9.95. The summed E-state index contributed by atoms with van der Waals surface area (Å²) >= 11 is 0. The van der Waals surface area contributed by atoms with Gasteiger partial charge in [0.2, 0.25) is 0 Å². The summed E-state index contributed by atoms with van der Waals surface area (Å²) in [7, 11) is -3.96. The molecular weight excluding hydrogens is 471 g/mol. The highest BCUT2D eigenvalue weighted by molar-refractivity contribution is 7.91. The molecule has 0 spiro atoms. The number of ether oxygens (including phenoxy) is 1. The zero-order valence-corrected chi connectivity index (χ0v) is 20.1. The van der Waals surface area contributed by atoms with Crippen LogP contribution in [0, 0.1) is 5.82 Å². The third kappa shape index (κ3) is 6.08. The second-order valence-corrected chi connectivity index (χ2v) is 10.8. The number of alkyl halides is 2. The molecule has 0 aliphatic heterocycles. The van der Waals surface area contributed by atoms with E-state index in [0.717, 1.165) is 25.0 Å². The van der Waals surface area contributed by atoms with E-state index in [-0.39, 0.29) is 23.1 Å². The number of nitrogens with one attached hydrogen (secondary N) is 1. The highest BCUT2D eigenvalue weighted by Crippen LogP contribution is 2.47. The molecule has 186 valence electrons. The molecule has 11 heteroatoms. The van der Waals surface area contributed by atoms with E-state index in [4.69, 9.17) is 5.14 Å². The topological polar surface area (TPSA) is 114 Å². The van der Waals surface area contributed by atoms with E-state index in [2.05, 4.69) is 14.4 Å². The first-order valence-electron chi connectivity index (χ1n) is 10.7. The summed E-state index contributed by atoms with van der Waals surface area (Å²) in [6.07, 6.45) is 1.62. The van der Waals surface area contributed by atoms with Crippen LogP contribution < -0.4 is 15.2 Å². The molecule has 2 amide bonds. The molecule has 1 aliphatic carbocycles. The van der Waals surface area contributed by atoms with Gasteiger partial charge in [0.25, 0.3) is 0 Å². The van der Waals surface area contributed by atoms with Crippen LogP contribution >= 0.6 is 0 Å². The molecule has 1 unspecified atom stereocenters. The van der Waals surface area contributed by atoms with Gasteiger partial charge in [0.1, 0.15) is 21.5 Å². The Morgan fingerprint density at radius 1 is 1.26 bits per heavy atom. The monoisotopic (exact) mass is 499 g/mol. The Morgan fingerprint density at radius 2 is 1.91 bits per heavy atom. The number of halogens is 3. The molecule has 1 atom stereocenters. The minimum Gasteiger partial charge on any atom is -0.435 e. The number of carbonyl (C=O) groups is 1. The standard InChI is InChI=1S/C23H28F3N3O4S/c1-12(2)16-10-15(33-21(25)26)11-17(13-5-6-13)20(16)28-22(30)29-34(27,32)19-8-7-14(9-18(19)24)23(3,4)31/h7-13,21,31H,5-6H2,1-4H3,(H3,27,28,29,30,32). The van der Waals surface area contributed by atoms with E-state index in [1.807, 2.05) is 13.8 Å². The SMILES string of the molecule is CC(C)c1cc(OC(F)F)cc(C2CC2)c1NC(=O)N=S(N)(=O)c1ccc(C(C)(C)O)cc1F. The number of hydrogen-bond acceptors (Lipinski definition) is 4. The van der Waals surface area contributed by atoms with E-state index in [1.165, 1.54) is 32.0 Å². The number of carbonyl (C=O) groups excluding carboxylic acids is 1. The Kier molecular flexibility index (Phi) is 7.30. The maximum absolute atomic E-state index is 14.6. The van der Waals surface area contributed by atoms with Crippen LogP contribution in [0.5, 0.6) is 5.75 Å². The maximum atomic E-state index is 14.6. The predicted molar refractivity (Wildman–Crippen MR) is 123 cm³/mol. The van der Waals surface area contributed by atoms with E-state index in [1.54, 1.807) is 0 Å². The average Bonchev–Trinajstić information content (AvgIpc) is 3.51. The molecule has 7 nitrogen and oxygen atoms in total. The van der Waals surface area contributed by atoms with Crippen LogP contribution in [0.3, 0.4) is 0 Å². The minimum atomic E-state index is -3.96. The van der Waals surface area contributed by atoms with Crippen LogP contribution in [-0.2, 0) is 15.5 Å². The molecule has 4 N–H and O–H groups in total. The molecule has 0 radical (unpaired) electrons. The van der Waals surface area contributed by atoms with Crippen molar-refractivity contribution in [3.63, 3.8) is 0 Å². The Bertz CT molecular complexity index is 1190. The van der Waals surface area contributed by atoms with Gasteiger partial charge in [0.15, 0.2) is 0 Å².